The van der Waals surface area contributed by atoms with E-state index in [4.69, 9.17) is 32.7 Å². The van der Waals surface area contributed by atoms with Gasteiger partial charge in [-0.3, -0.25) is 4.79 Å². The van der Waals surface area contributed by atoms with Gasteiger partial charge in [0.05, 0.1) is 17.7 Å². The molecule has 1 aliphatic heterocycles. The molecule has 3 aromatic carbocycles. The predicted molar refractivity (Wildman–Crippen MR) is 139 cm³/mol. The van der Waals surface area contributed by atoms with Gasteiger partial charge in [-0.25, -0.2) is 4.99 Å². The number of nitrogens with zero attached hydrogens (tertiary/aromatic N) is 1. The minimum absolute atomic E-state index is 0.223. The van der Waals surface area contributed by atoms with E-state index in [1.165, 1.54) is 11.8 Å². The van der Waals surface area contributed by atoms with Gasteiger partial charge in [-0.1, -0.05) is 45.2 Å². The number of nitrogens with one attached hydrogen (secondary N) is 1. The summed E-state index contributed by atoms with van der Waals surface area (Å²) in [6.07, 6.45) is 1.78. The molecular formula is C24H17BrCl2N2O3S. The molecule has 1 saturated heterocycles. The minimum atomic E-state index is -0.223. The van der Waals surface area contributed by atoms with Gasteiger partial charge < -0.3 is 14.8 Å². The first-order valence-electron chi connectivity index (χ1n) is 9.71. The number of carbonyl (C=O) groups excluding carboxylic acids is 1. The van der Waals surface area contributed by atoms with Gasteiger partial charge in [0.25, 0.3) is 5.91 Å². The van der Waals surface area contributed by atoms with Crippen LogP contribution in [0.5, 0.6) is 11.5 Å². The number of halogens is 3. The second kappa shape index (κ2) is 10.7. The highest BCUT2D eigenvalue weighted by Gasteiger charge is 2.24. The van der Waals surface area contributed by atoms with Crippen molar-refractivity contribution in [3.63, 3.8) is 0 Å². The number of amidine groups is 1. The maximum Gasteiger partial charge on any atom is 0.264 e. The maximum absolute atomic E-state index is 12.5. The first kappa shape index (κ1) is 23.7. The van der Waals surface area contributed by atoms with Crippen LogP contribution in [0, 0.1) is 0 Å². The lowest BCUT2D eigenvalue weighted by Crippen LogP contribution is -2.19. The van der Waals surface area contributed by atoms with Crippen LogP contribution in [0.25, 0.3) is 6.08 Å². The molecule has 1 aliphatic rings. The average Bonchev–Trinajstić information content (AvgIpc) is 3.13. The van der Waals surface area contributed by atoms with E-state index in [0.717, 1.165) is 21.3 Å². The van der Waals surface area contributed by atoms with E-state index in [2.05, 4.69) is 26.2 Å². The van der Waals surface area contributed by atoms with Gasteiger partial charge in [0, 0.05) is 25.6 Å². The van der Waals surface area contributed by atoms with E-state index in [1.54, 1.807) is 25.3 Å². The number of aliphatic imine (C=N–C) groups is 1. The Morgan fingerprint density at radius 1 is 1.09 bits per heavy atom. The molecule has 9 heteroatoms. The van der Waals surface area contributed by atoms with E-state index in [-0.39, 0.29) is 12.5 Å². The van der Waals surface area contributed by atoms with Gasteiger partial charge in [0.1, 0.15) is 18.1 Å². The molecule has 168 valence electrons. The average molecular weight is 564 g/mol. The fourth-order valence-corrected chi connectivity index (χ4v) is 4.63. The van der Waals surface area contributed by atoms with E-state index in [0.29, 0.717) is 31.6 Å². The fourth-order valence-electron chi connectivity index (χ4n) is 2.95. The Labute approximate surface area is 213 Å². The lowest BCUT2D eigenvalue weighted by Gasteiger charge is -2.11. The summed E-state index contributed by atoms with van der Waals surface area (Å²) in [6, 6.07) is 18.1. The smallest absolute Gasteiger partial charge is 0.264 e. The third-order valence-corrected chi connectivity index (χ3v) is 6.60. The number of rotatable bonds is 6. The lowest BCUT2D eigenvalue weighted by molar-refractivity contribution is -0.115. The molecule has 0 aliphatic carbocycles. The third-order valence-electron chi connectivity index (χ3n) is 4.61. The van der Waals surface area contributed by atoms with Gasteiger partial charge in [-0.05, 0) is 72.4 Å². The zero-order valence-corrected chi connectivity index (χ0v) is 21.2. The molecule has 3 aromatic rings. The summed E-state index contributed by atoms with van der Waals surface area (Å²) in [4.78, 5) is 17.6. The minimum Gasteiger partial charge on any atom is -0.497 e. The number of hydrogen-bond donors (Lipinski definition) is 1. The summed E-state index contributed by atoms with van der Waals surface area (Å²) < 4.78 is 12.0. The molecule has 33 heavy (non-hydrogen) atoms. The van der Waals surface area contributed by atoms with E-state index >= 15 is 0 Å². The molecule has 0 aromatic heterocycles. The molecule has 5 nitrogen and oxygen atoms in total. The quantitative estimate of drug-likeness (QED) is 0.321. The van der Waals surface area contributed by atoms with Crippen LogP contribution in [-0.2, 0) is 11.4 Å². The fraction of sp³-hybridized carbons (Fsp3) is 0.0833. The summed E-state index contributed by atoms with van der Waals surface area (Å²) in [5.74, 6) is 1.13. The number of amides is 1. The SMILES string of the molecule is COc1ccc(N=C2NC(=O)/C(=C\c3cc(Br)ccc3OCc3ccc(Cl)cc3Cl)S2)cc1. The van der Waals surface area contributed by atoms with Crippen LogP contribution in [0.15, 0.2) is 75.0 Å². The van der Waals surface area contributed by atoms with E-state index in [9.17, 15) is 4.79 Å². The van der Waals surface area contributed by atoms with Crippen molar-refractivity contribution in [2.75, 3.05) is 7.11 Å². The standard InChI is InChI=1S/C24H17BrCl2N2O3S/c1-31-19-7-5-18(6-8-19)28-24-29-23(30)22(33-24)11-15-10-16(25)3-9-21(15)32-13-14-2-4-17(26)12-20(14)27/h2-12H,13H2,1H3,(H,28,29,30)/b22-11+. The highest BCUT2D eigenvalue weighted by molar-refractivity contribution is 9.10. The number of hydrogen-bond acceptors (Lipinski definition) is 5. The van der Waals surface area contributed by atoms with E-state index in [1.807, 2.05) is 48.5 Å². The zero-order chi connectivity index (χ0) is 23.4. The largest absolute Gasteiger partial charge is 0.497 e. The molecule has 0 bridgehead atoms. The Morgan fingerprint density at radius 3 is 2.61 bits per heavy atom. The summed E-state index contributed by atoms with van der Waals surface area (Å²) >= 11 is 17.0. The molecule has 0 saturated carbocycles. The highest BCUT2D eigenvalue weighted by atomic mass is 79.9. The Balaban J connectivity index is 1.54. The van der Waals surface area contributed by atoms with Crippen molar-refractivity contribution in [1.29, 1.82) is 0 Å². The van der Waals surface area contributed by atoms with Gasteiger partial charge >= 0.3 is 0 Å². The number of carbonyl (C=O) groups is 1. The lowest BCUT2D eigenvalue weighted by atomic mass is 10.1. The molecule has 0 spiro atoms. The molecule has 1 N–H and O–H groups in total. The van der Waals surface area contributed by atoms with Crippen LogP contribution in [0.1, 0.15) is 11.1 Å². The van der Waals surface area contributed by atoms with Gasteiger partial charge in [-0.15, -0.1) is 0 Å². The molecule has 1 heterocycles. The normalized spacial score (nSPS) is 15.7. The third kappa shape index (κ3) is 6.12. The van der Waals surface area contributed by atoms with Crippen LogP contribution >= 0.6 is 50.9 Å². The second-order valence-corrected chi connectivity index (χ2v) is 9.68. The monoisotopic (exact) mass is 562 g/mol. The van der Waals surface area contributed by atoms with Crippen LogP contribution in [0.4, 0.5) is 5.69 Å². The maximum atomic E-state index is 12.5. The van der Waals surface area contributed by atoms with Crippen LogP contribution in [-0.4, -0.2) is 18.2 Å². The van der Waals surface area contributed by atoms with Gasteiger partial charge in [0.2, 0.25) is 0 Å². The summed E-state index contributed by atoms with van der Waals surface area (Å²) in [7, 11) is 1.61. The molecule has 0 radical (unpaired) electrons. The summed E-state index contributed by atoms with van der Waals surface area (Å²) in [5.41, 5.74) is 2.27. The zero-order valence-electron chi connectivity index (χ0n) is 17.3. The Morgan fingerprint density at radius 2 is 1.88 bits per heavy atom. The number of ether oxygens (including phenoxy) is 2. The molecule has 4 rings (SSSR count). The van der Waals surface area contributed by atoms with Crippen molar-refractivity contribution >= 4 is 73.7 Å². The summed E-state index contributed by atoms with van der Waals surface area (Å²) in [5, 5.41) is 4.40. The predicted octanol–water partition coefficient (Wildman–Crippen LogP) is 7.24. The van der Waals surface area contributed by atoms with Crippen LogP contribution < -0.4 is 14.8 Å². The van der Waals surface area contributed by atoms with Crippen molar-refractivity contribution in [2.45, 2.75) is 6.61 Å². The van der Waals surface area contributed by atoms with Gasteiger partial charge in [-0.2, -0.15) is 0 Å². The van der Waals surface area contributed by atoms with Crippen LogP contribution in [0.3, 0.4) is 0 Å². The first-order chi connectivity index (χ1) is 15.9. The Hall–Kier alpha value is -2.45. The topological polar surface area (TPSA) is 59.9 Å². The molecule has 1 amide bonds. The molecular weight excluding hydrogens is 547 g/mol. The number of methoxy groups -OCH3 is 1. The van der Waals surface area contributed by atoms with E-state index < -0.39 is 0 Å². The number of benzene rings is 3. The van der Waals surface area contributed by atoms with Crippen molar-refractivity contribution in [3.05, 3.63) is 91.2 Å². The molecule has 0 atom stereocenters. The van der Waals surface area contributed by atoms with Crippen molar-refractivity contribution in [1.82, 2.24) is 5.32 Å². The summed E-state index contributed by atoms with van der Waals surface area (Å²) in [6.45, 7) is 0.261. The molecule has 1 fully saturated rings. The second-order valence-electron chi connectivity index (χ2n) is 6.89. The number of thioether (sulfide) groups is 1. The Bertz CT molecular complexity index is 1260. The van der Waals surface area contributed by atoms with Crippen LogP contribution in [0.2, 0.25) is 10.0 Å². The Kier molecular flexibility index (Phi) is 7.65. The van der Waals surface area contributed by atoms with Crippen molar-refractivity contribution < 1.29 is 14.3 Å². The molecule has 0 unspecified atom stereocenters. The first-order valence-corrected chi connectivity index (χ1v) is 12.1. The van der Waals surface area contributed by atoms with Crippen molar-refractivity contribution in [3.8, 4) is 11.5 Å². The van der Waals surface area contributed by atoms with Crippen molar-refractivity contribution in [2.24, 2.45) is 4.99 Å². The van der Waals surface area contributed by atoms with Gasteiger partial charge in [0.15, 0.2) is 5.17 Å². The highest BCUT2D eigenvalue weighted by Crippen LogP contribution is 2.33.